The molecule has 11 heteroatoms. The monoisotopic (exact) mass is 695 g/mol. The molecule has 3 aromatic carbocycles. The third-order valence-electron chi connectivity index (χ3n) is 10.9. The van der Waals surface area contributed by atoms with Gasteiger partial charge in [-0.25, -0.2) is 9.78 Å². The average molecular weight is 696 g/mol. The van der Waals surface area contributed by atoms with Crippen molar-refractivity contribution in [1.29, 1.82) is 0 Å². The van der Waals surface area contributed by atoms with Gasteiger partial charge in [0.2, 0.25) is 0 Å². The first-order valence-corrected chi connectivity index (χ1v) is 17.9. The lowest BCUT2D eigenvalue weighted by molar-refractivity contribution is -0.159. The van der Waals surface area contributed by atoms with Crippen LogP contribution in [0.4, 0.5) is 4.79 Å². The Morgan fingerprint density at radius 3 is 2.47 bits per heavy atom. The Bertz CT molecular complexity index is 1900. The molecule has 1 unspecified atom stereocenters. The van der Waals surface area contributed by atoms with Crippen LogP contribution in [0, 0.1) is 10.8 Å². The molecule has 2 N–H and O–H groups in total. The van der Waals surface area contributed by atoms with Gasteiger partial charge in [-0.2, -0.15) is 0 Å². The quantitative estimate of drug-likeness (QED) is 0.188. The third kappa shape index (κ3) is 6.70. The summed E-state index contributed by atoms with van der Waals surface area (Å²) in [4.78, 5) is 34.5. The van der Waals surface area contributed by atoms with Crippen molar-refractivity contribution in [2.45, 2.75) is 45.6 Å². The minimum atomic E-state index is -0.845. The predicted molar refractivity (Wildman–Crippen MR) is 196 cm³/mol. The van der Waals surface area contributed by atoms with Crippen LogP contribution in [0.2, 0.25) is 0 Å². The molecule has 1 saturated carbocycles. The lowest BCUT2D eigenvalue weighted by Gasteiger charge is -2.67. The second kappa shape index (κ2) is 13.9. The van der Waals surface area contributed by atoms with Crippen molar-refractivity contribution in [3.63, 3.8) is 0 Å². The Morgan fingerprint density at radius 2 is 1.78 bits per heavy atom. The number of hydrogen-bond acceptors (Lipinski definition) is 7. The summed E-state index contributed by atoms with van der Waals surface area (Å²) in [5, 5.41) is 15.1. The van der Waals surface area contributed by atoms with E-state index < -0.39 is 6.09 Å². The van der Waals surface area contributed by atoms with E-state index in [1.54, 1.807) is 12.0 Å². The molecule has 2 amide bonds. The second-order valence-electron chi connectivity index (χ2n) is 15.4. The highest BCUT2D eigenvalue weighted by Gasteiger charge is 2.64. The Kier molecular flexibility index (Phi) is 9.56. The highest BCUT2D eigenvalue weighted by Crippen LogP contribution is 2.63. The maximum Gasteiger partial charge on any atom is 0.407 e. The number of ether oxygens (including phenoxy) is 3. The zero-order chi connectivity index (χ0) is 35.9. The number of imidazole rings is 1. The Labute approximate surface area is 299 Å². The summed E-state index contributed by atoms with van der Waals surface area (Å²) in [6.45, 7) is 11.7. The van der Waals surface area contributed by atoms with E-state index in [1.807, 2.05) is 42.5 Å². The van der Waals surface area contributed by atoms with E-state index in [9.17, 15) is 14.7 Å². The topological polar surface area (TPSA) is 118 Å². The molecule has 1 spiro atoms. The molecule has 2 aliphatic heterocycles. The summed E-state index contributed by atoms with van der Waals surface area (Å²) < 4.78 is 18.8. The molecule has 2 saturated heterocycles. The molecule has 51 heavy (non-hydrogen) atoms. The molecule has 3 aliphatic rings. The minimum absolute atomic E-state index is 0.0379. The van der Waals surface area contributed by atoms with Crippen LogP contribution < -0.4 is 10.1 Å². The van der Waals surface area contributed by atoms with Crippen LogP contribution in [0.1, 0.15) is 55.7 Å². The number of amides is 2. The van der Waals surface area contributed by atoms with Gasteiger partial charge in [-0.15, -0.1) is 0 Å². The number of nitrogens with one attached hydrogen (secondary N) is 1. The van der Waals surface area contributed by atoms with Crippen molar-refractivity contribution in [2.75, 3.05) is 59.8 Å². The lowest BCUT2D eigenvalue weighted by atomic mass is 9.48. The largest absolute Gasteiger partial charge is 0.468 e. The maximum absolute atomic E-state index is 13.1. The van der Waals surface area contributed by atoms with E-state index in [2.05, 4.69) is 60.8 Å². The highest BCUT2D eigenvalue weighted by atomic mass is 16.7. The van der Waals surface area contributed by atoms with Crippen LogP contribution in [0.3, 0.4) is 0 Å². The molecule has 7 rings (SSSR count). The molecule has 1 aromatic heterocycles. The van der Waals surface area contributed by atoms with E-state index in [-0.39, 0.29) is 35.5 Å². The van der Waals surface area contributed by atoms with Crippen molar-refractivity contribution in [3.05, 3.63) is 72.1 Å². The van der Waals surface area contributed by atoms with Gasteiger partial charge < -0.3 is 34.1 Å². The van der Waals surface area contributed by atoms with E-state index in [4.69, 9.17) is 19.2 Å². The standard InChI is InChI=1S/C40H49N5O6/c1-39(2,3)37-40(24-45(37)38(47)48)22-29(23-40)35-42-33(26-10-12-27(13-11-26)36(46)41-14-15-44-16-18-50-19-17-44)34(43(35)4)32-21-30(51-25-49-5)20-28-8-6-7-9-31(28)32/h6-13,20-21,29,37H,14-19,22-25H2,1-5H3,(H,41,46)(H,47,48). The van der Waals surface area contributed by atoms with E-state index in [0.29, 0.717) is 24.4 Å². The molecule has 4 aromatic rings. The van der Waals surface area contributed by atoms with Crippen LogP contribution in [-0.2, 0) is 16.5 Å². The maximum atomic E-state index is 13.1. The van der Waals surface area contributed by atoms with E-state index in [1.165, 1.54) is 0 Å². The summed E-state index contributed by atoms with van der Waals surface area (Å²) in [5.74, 6) is 1.75. The summed E-state index contributed by atoms with van der Waals surface area (Å²) >= 11 is 0. The fourth-order valence-electron chi connectivity index (χ4n) is 8.87. The molecule has 11 nitrogen and oxygen atoms in total. The number of nitrogens with zero attached hydrogens (tertiary/aromatic N) is 4. The number of morpholine rings is 1. The van der Waals surface area contributed by atoms with Gasteiger partial charge in [0.15, 0.2) is 6.79 Å². The Morgan fingerprint density at radius 1 is 1.06 bits per heavy atom. The van der Waals surface area contributed by atoms with Crippen molar-refractivity contribution in [1.82, 2.24) is 24.7 Å². The smallest absolute Gasteiger partial charge is 0.407 e. The first kappa shape index (κ1) is 35.0. The molecule has 270 valence electrons. The number of benzene rings is 3. The van der Waals surface area contributed by atoms with Crippen LogP contribution in [0.25, 0.3) is 33.3 Å². The lowest BCUT2D eigenvalue weighted by Crippen LogP contribution is -2.73. The van der Waals surface area contributed by atoms with Crippen LogP contribution in [0.15, 0.2) is 60.7 Å². The fraction of sp³-hybridized carbons (Fsp3) is 0.475. The third-order valence-corrected chi connectivity index (χ3v) is 10.9. The summed E-state index contributed by atoms with van der Waals surface area (Å²) in [6, 6.07) is 20.0. The van der Waals surface area contributed by atoms with Gasteiger partial charge in [0.05, 0.1) is 24.6 Å². The van der Waals surface area contributed by atoms with Gasteiger partial charge in [-0.1, -0.05) is 57.2 Å². The molecular weight excluding hydrogens is 646 g/mol. The number of rotatable bonds is 10. The molecule has 3 fully saturated rings. The van der Waals surface area contributed by atoms with E-state index in [0.717, 1.165) is 84.8 Å². The second-order valence-corrected chi connectivity index (χ2v) is 15.4. The van der Waals surface area contributed by atoms with Crippen molar-refractivity contribution in [2.24, 2.45) is 17.9 Å². The number of fused-ring (bicyclic) bond motifs is 1. The van der Waals surface area contributed by atoms with Crippen LogP contribution in [0.5, 0.6) is 5.75 Å². The summed E-state index contributed by atoms with van der Waals surface area (Å²) in [7, 11) is 3.68. The number of methoxy groups -OCH3 is 1. The number of carbonyl (C=O) groups is 2. The zero-order valence-corrected chi connectivity index (χ0v) is 30.3. The normalized spacial score (nSPS) is 22.1. The zero-order valence-electron chi connectivity index (χ0n) is 30.3. The van der Waals surface area contributed by atoms with Crippen molar-refractivity contribution < 1.29 is 28.9 Å². The van der Waals surface area contributed by atoms with Crippen LogP contribution >= 0.6 is 0 Å². The number of hydrogen-bond donors (Lipinski definition) is 2. The Hall–Kier alpha value is -4.45. The van der Waals surface area contributed by atoms with Gasteiger partial charge in [-0.05, 0) is 53.3 Å². The molecule has 0 radical (unpaired) electrons. The number of likely N-dealkylation sites (tertiary alicyclic amines) is 1. The molecule has 3 heterocycles. The van der Waals surface area contributed by atoms with E-state index >= 15 is 0 Å². The number of carbonyl (C=O) groups excluding carboxylic acids is 1. The number of aromatic nitrogens is 2. The summed E-state index contributed by atoms with van der Waals surface area (Å²) in [6.07, 6.45) is 0.912. The van der Waals surface area contributed by atoms with Crippen molar-refractivity contribution in [3.8, 4) is 28.3 Å². The van der Waals surface area contributed by atoms with Gasteiger partial charge in [-0.3, -0.25) is 9.69 Å². The van der Waals surface area contributed by atoms with Gasteiger partial charge in [0.1, 0.15) is 11.6 Å². The predicted octanol–water partition coefficient (Wildman–Crippen LogP) is 6.22. The summed E-state index contributed by atoms with van der Waals surface area (Å²) in [5.41, 5.74) is 4.06. The van der Waals surface area contributed by atoms with Gasteiger partial charge in [0, 0.05) is 80.9 Å². The van der Waals surface area contributed by atoms with Crippen molar-refractivity contribution >= 4 is 22.8 Å². The first-order valence-electron chi connectivity index (χ1n) is 17.9. The highest BCUT2D eigenvalue weighted by molar-refractivity contribution is 6.00. The average Bonchev–Trinajstić information content (AvgIpc) is 3.41. The first-order chi connectivity index (χ1) is 24.5. The molecule has 1 atom stereocenters. The Balaban J connectivity index is 1.22. The fourth-order valence-corrected chi connectivity index (χ4v) is 8.87. The van der Waals surface area contributed by atoms with Gasteiger partial charge >= 0.3 is 6.09 Å². The SMILES string of the molecule is COCOc1cc(-c2c(-c3ccc(C(=O)NCCN4CCOCC4)cc3)nc(C3CC4(C3)CN(C(=O)O)C4C(C)(C)C)n2C)c2ccccc2c1. The molecular formula is C40H49N5O6. The minimum Gasteiger partial charge on any atom is -0.468 e. The molecule has 0 bridgehead atoms. The van der Waals surface area contributed by atoms with Crippen LogP contribution in [-0.4, -0.2) is 102 Å². The molecule has 1 aliphatic carbocycles. The number of carboxylic acid groups (broad SMARTS) is 1. The van der Waals surface area contributed by atoms with Gasteiger partial charge in [0.25, 0.3) is 5.91 Å².